The van der Waals surface area contributed by atoms with E-state index in [1.165, 1.54) is 24.1 Å². The molecule has 10 heteroatoms. The van der Waals surface area contributed by atoms with Gasteiger partial charge in [-0.05, 0) is 37.5 Å². The van der Waals surface area contributed by atoms with Gasteiger partial charge in [0.25, 0.3) is 0 Å². The number of aryl methyl sites for hydroxylation is 1. The predicted molar refractivity (Wildman–Crippen MR) is 141 cm³/mol. The minimum absolute atomic E-state index is 0. The Morgan fingerprint density at radius 2 is 2.00 bits per heavy atom. The van der Waals surface area contributed by atoms with Crippen molar-refractivity contribution in [2.45, 2.75) is 25.8 Å². The zero-order valence-corrected chi connectivity index (χ0v) is 21.2. The number of nitrogens with zero attached hydrogens (tertiary/aromatic N) is 6. The van der Waals surface area contributed by atoms with Gasteiger partial charge in [-0.3, -0.25) is 9.67 Å². The molecule has 1 aliphatic heterocycles. The molecule has 1 saturated heterocycles. The molecule has 0 radical (unpaired) electrons. The molecule has 0 bridgehead atoms. The van der Waals surface area contributed by atoms with Crippen molar-refractivity contribution < 1.29 is 0 Å². The van der Waals surface area contributed by atoms with E-state index in [0.717, 1.165) is 35.9 Å². The number of nitrogens with one attached hydrogen (secondary N) is 3. The molecule has 1 atom stereocenters. The minimum Gasteiger partial charge on any atom is -0.372 e. The lowest BCUT2D eigenvalue weighted by Crippen LogP contribution is -2.40. The van der Waals surface area contributed by atoms with E-state index in [2.05, 4.69) is 72.1 Å². The summed E-state index contributed by atoms with van der Waals surface area (Å²) in [4.78, 5) is 15.4. The van der Waals surface area contributed by atoms with Crippen molar-refractivity contribution in [1.82, 2.24) is 30.4 Å². The number of aliphatic imine (C=N–C) groups is 1. The van der Waals surface area contributed by atoms with Gasteiger partial charge in [-0.2, -0.15) is 5.10 Å². The number of guanidine groups is 1. The molecule has 3 heterocycles. The van der Waals surface area contributed by atoms with Crippen molar-refractivity contribution in [3.63, 3.8) is 0 Å². The van der Waals surface area contributed by atoms with Crippen LogP contribution in [0.15, 0.2) is 41.8 Å². The molecule has 0 spiro atoms. The third-order valence-electron chi connectivity index (χ3n) is 5.66. The lowest BCUT2D eigenvalue weighted by Gasteiger charge is -2.22. The quantitative estimate of drug-likeness (QED) is 0.181. The maximum atomic E-state index is 4.37. The normalized spacial score (nSPS) is 14.8. The summed E-state index contributed by atoms with van der Waals surface area (Å²) in [6, 6.07) is 8.94. The van der Waals surface area contributed by atoms with Crippen LogP contribution in [-0.2, 0) is 7.05 Å². The predicted octanol–water partition coefficient (Wildman–Crippen LogP) is 2.92. The van der Waals surface area contributed by atoms with Crippen molar-refractivity contribution in [3.05, 3.63) is 42.4 Å². The van der Waals surface area contributed by atoms with Crippen molar-refractivity contribution in [2.75, 3.05) is 43.4 Å². The lowest BCUT2D eigenvalue weighted by atomic mass is 10.1. The van der Waals surface area contributed by atoms with Gasteiger partial charge in [-0.1, -0.05) is 12.1 Å². The molecule has 32 heavy (non-hydrogen) atoms. The molecule has 2 aromatic heterocycles. The fourth-order valence-corrected chi connectivity index (χ4v) is 3.91. The summed E-state index contributed by atoms with van der Waals surface area (Å²) in [6.07, 6.45) is 5.90. The first kappa shape index (κ1) is 24.0. The first-order chi connectivity index (χ1) is 15.2. The third-order valence-corrected chi connectivity index (χ3v) is 5.66. The van der Waals surface area contributed by atoms with Crippen LogP contribution in [0.4, 0.5) is 11.5 Å². The van der Waals surface area contributed by atoms with Crippen LogP contribution in [0, 0.1) is 0 Å². The lowest BCUT2D eigenvalue weighted by molar-refractivity contribution is 0.687. The highest BCUT2D eigenvalue weighted by molar-refractivity contribution is 14.0. The average Bonchev–Trinajstić information content (AvgIpc) is 3.47. The largest absolute Gasteiger partial charge is 0.372 e. The Kier molecular flexibility index (Phi) is 8.48. The molecule has 3 N–H and O–H groups in total. The highest BCUT2D eigenvalue weighted by Crippen LogP contribution is 2.24. The highest BCUT2D eigenvalue weighted by atomic mass is 127. The SMILES string of the molecule is CN=C(NCCNc1ncnc2c1cnn2C)NC(C)c1cccc(N2CCCC2)c1.I. The van der Waals surface area contributed by atoms with Gasteiger partial charge >= 0.3 is 0 Å². The van der Waals surface area contributed by atoms with Gasteiger partial charge in [-0.15, -0.1) is 24.0 Å². The van der Waals surface area contributed by atoms with E-state index >= 15 is 0 Å². The Morgan fingerprint density at radius 1 is 1.19 bits per heavy atom. The van der Waals surface area contributed by atoms with Crippen LogP contribution in [0.2, 0.25) is 0 Å². The molecule has 0 saturated carbocycles. The summed E-state index contributed by atoms with van der Waals surface area (Å²) < 4.78 is 1.74. The Labute approximate surface area is 206 Å². The first-order valence-electron chi connectivity index (χ1n) is 10.8. The topological polar surface area (TPSA) is 95.3 Å². The van der Waals surface area contributed by atoms with E-state index < -0.39 is 0 Å². The van der Waals surface area contributed by atoms with Crippen molar-refractivity contribution in [1.29, 1.82) is 0 Å². The standard InChI is InChI=1S/C22H31N9.HI/c1-16(17-7-6-8-18(13-17)31-11-4-5-12-31)29-22(23-2)25-10-9-24-20-19-14-28-30(3)21(19)27-15-26-20;/h6-8,13-16H,4-5,9-12H2,1-3H3,(H2,23,25,29)(H,24,26,27);1H. The second-order valence-corrected chi connectivity index (χ2v) is 7.81. The molecule has 172 valence electrons. The Morgan fingerprint density at radius 3 is 2.78 bits per heavy atom. The van der Waals surface area contributed by atoms with E-state index in [0.29, 0.717) is 13.1 Å². The zero-order valence-electron chi connectivity index (χ0n) is 18.9. The molecular weight excluding hydrogens is 517 g/mol. The second-order valence-electron chi connectivity index (χ2n) is 7.81. The zero-order chi connectivity index (χ0) is 21.6. The molecule has 1 aromatic carbocycles. The molecule has 3 aromatic rings. The summed E-state index contributed by atoms with van der Waals surface area (Å²) in [6.45, 7) is 5.86. The summed E-state index contributed by atoms with van der Waals surface area (Å²) in [7, 11) is 3.66. The Hall–Kier alpha value is -2.63. The average molecular weight is 549 g/mol. The van der Waals surface area contributed by atoms with E-state index in [9.17, 15) is 0 Å². The Bertz CT molecular complexity index is 1040. The molecule has 4 rings (SSSR count). The van der Waals surface area contributed by atoms with E-state index in [1.54, 1.807) is 24.3 Å². The van der Waals surface area contributed by atoms with Gasteiger partial charge in [0.05, 0.1) is 17.6 Å². The minimum atomic E-state index is 0. The third kappa shape index (κ3) is 5.59. The fourth-order valence-electron chi connectivity index (χ4n) is 3.91. The summed E-state index contributed by atoms with van der Waals surface area (Å²) in [5.74, 6) is 1.56. The monoisotopic (exact) mass is 549 g/mol. The van der Waals surface area contributed by atoms with Crippen LogP contribution in [0.1, 0.15) is 31.4 Å². The number of fused-ring (bicyclic) bond motifs is 1. The van der Waals surface area contributed by atoms with Crippen LogP contribution in [0.3, 0.4) is 0 Å². The number of benzene rings is 1. The van der Waals surface area contributed by atoms with E-state index in [4.69, 9.17) is 0 Å². The maximum Gasteiger partial charge on any atom is 0.191 e. The van der Waals surface area contributed by atoms with E-state index in [-0.39, 0.29) is 30.0 Å². The molecule has 0 amide bonds. The smallest absolute Gasteiger partial charge is 0.191 e. The molecule has 1 unspecified atom stereocenters. The van der Waals surface area contributed by atoms with Crippen LogP contribution in [-0.4, -0.2) is 58.9 Å². The van der Waals surface area contributed by atoms with Gasteiger partial charge in [0.2, 0.25) is 0 Å². The van der Waals surface area contributed by atoms with Crippen LogP contribution >= 0.6 is 24.0 Å². The van der Waals surface area contributed by atoms with Gasteiger partial charge in [-0.25, -0.2) is 9.97 Å². The molecular formula is C22H32IN9. The van der Waals surface area contributed by atoms with Crippen molar-refractivity contribution in [2.24, 2.45) is 12.0 Å². The molecule has 9 nitrogen and oxygen atoms in total. The highest BCUT2D eigenvalue weighted by Gasteiger charge is 2.14. The van der Waals surface area contributed by atoms with Gasteiger partial charge < -0.3 is 20.9 Å². The van der Waals surface area contributed by atoms with Gasteiger partial charge in [0.15, 0.2) is 11.6 Å². The van der Waals surface area contributed by atoms with Gasteiger partial charge in [0, 0.05) is 46.0 Å². The molecule has 0 aliphatic carbocycles. The second kappa shape index (κ2) is 11.3. The molecule has 1 aliphatic rings. The number of rotatable bonds is 7. The van der Waals surface area contributed by atoms with Crippen molar-refractivity contribution >= 4 is 52.5 Å². The van der Waals surface area contributed by atoms with Crippen LogP contribution < -0.4 is 20.9 Å². The number of halogens is 1. The summed E-state index contributed by atoms with van der Waals surface area (Å²) >= 11 is 0. The number of aromatic nitrogens is 4. The number of anilines is 2. The first-order valence-corrected chi connectivity index (χ1v) is 10.8. The van der Waals surface area contributed by atoms with Gasteiger partial charge in [0.1, 0.15) is 12.1 Å². The number of hydrogen-bond acceptors (Lipinski definition) is 6. The number of hydrogen-bond donors (Lipinski definition) is 3. The maximum absolute atomic E-state index is 4.37. The summed E-state index contributed by atoms with van der Waals surface area (Å²) in [5.41, 5.74) is 3.38. The van der Waals surface area contributed by atoms with Crippen LogP contribution in [0.25, 0.3) is 11.0 Å². The fraction of sp³-hybridized carbons (Fsp3) is 0.455. The Balaban J connectivity index is 0.00000289. The molecule has 1 fully saturated rings. The van der Waals surface area contributed by atoms with E-state index in [1.807, 2.05) is 7.05 Å². The summed E-state index contributed by atoms with van der Waals surface area (Å²) in [5, 5.41) is 15.4. The van der Waals surface area contributed by atoms with Crippen LogP contribution in [0.5, 0.6) is 0 Å². The van der Waals surface area contributed by atoms with Crippen molar-refractivity contribution in [3.8, 4) is 0 Å².